The molecule has 0 aromatic heterocycles. The van der Waals surface area contributed by atoms with Crippen LogP contribution in [0.15, 0.2) is 24.3 Å². The Kier molecular flexibility index (Phi) is 2.46. The maximum atomic E-state index is 5.88. The summed E-state index contributed by atoms with van der Waals surface area (Å²) >= 11 is 11.8. The smallest absolute Gasteiger partial charge is 0.0966 e. The molecule has 0 aliphatic heterocycles. The number of rotatable bonds is 1. The first-order valence-electron chi connectivity index (χ1n) is 3.45. The Bertz CT molecular complexity index is 231. The highest BCUT2D eigenvalue weighted by molar-refractivity contribution is 6.47. The lowest BCUT2D eigenvalue weighted by molar-refractivity contribution is 0.975. The molecule has 0 fully saturated rings. The summed E-state index contributed by atoms with van der Waals surface area (Å²) in [6, 6.07) is 7.88. The Balaban J connectivity index is 2.99. The topological polar surface area (TPSA) is 0 Å². The highest BCUT2D eigenvalue weighted by Crippen LogP contribution is 2.32. The molecule has 0 amide bonds. The molecule has 2 heteroatoms. The van der Waals surface area contributed by atoms with Crippen molar-refractivity contribution in [2.75, 3.05) is 0 Å². The minimum absolute atomic E-state index is 0.770. The van der Waals surface area contributed by atoms with Crippen molar-refractivity contribution in [2.45, 2.75) is 18.2 Å². The van der Waals surface area contributed by atoms with E-state index in [-0.39, 0.29) is 0 Å². The molecule has 0 heterocycles. The van der Waals surface area contributed by atoms with Gasteiger partial charge >= 0.3 is 0 Å². The molecule has 0 aliphatic carbocycles. The van der Waals surface area contributed by atoms with Crippen molar-refractivity contribution in [3.05, 3.63) is 35.4 Å². The van der Waals surface area contributed by atoms with E-state index in [1.165, 1.54) is 5.56 Å². The zero-order valence-electron chi connectivity index (χ0n) is 6.57. The third kappa shape index (κ3) is 2.39. The van der Waals surface area contributed by atoms with Gasteiger partial charge in [0.15, 0.2) is 0 Å². The molecule has 60 valence electrons. The van der Waals surface area contributed by atoms with Gasteiger partial charge in [0.1, 0.15) is 4.33 Å². The van der Waals surface area contributed by atoms with E-state index >= 15 is 0 Å². The van der Waals surface area contributed by atoms with Crippen LogP contribution in [-0.4, -0.2) is 0 Å². The zero-order chi connectivity index (χ0) is 8.48. The molecule has 0 spiro atoms. The van der Waals surface area contributed by atoms with Crippen LogP contribution in [0.25, 0.3) is 0 Å². The molecule has 11 heavy (non-hydrogen) atoms. The number of alkyl halides is 2. The van der Waals surface area contributed by atoms with E-state index in [2.05, 4.69) is 0 Å². The van der Waals surface area contributed by atoms with Crippen LogP contribution in [0.2, 0.25) is 0 Å². The summed E-state index contributed by atoms with van der Waals surface area (Å²) in [5.41, 5.74) is 2.15. The largest absolute Gasteiger partial charge is 0.140 e. The van der Waals surface area contributed by atoms with E-state index in [0.717, 1.165) is 5.56 Å². The minimum Gasteiger partial charge on any atom is -0.0966 e. The Morgan fingerprint density at radius 2 is 1.55 bits per heavy atom. The molecule has 0 unspecified atom stereocenters. The van der Waals surface area contributed by atoms with Crippen LogP contribution in [0.3, 0.4) is 0 Å². The van der Waals surface area contributed by atoms with E-state index in [1.807, 2.05) is 31.2 Å². The van der Waals surface area contributed by atoms with E-state index in [0.29, 0.717) is 0 Å². The first kappa shape index (κ1) is 8.89. The van der Waals surface area contributed by atoms with Crippen molar-refractivity contribution in [1.29, 1.82) is 0 Å². The highest BCUT2D eigenvalue weighted by Gasteiger charge is 2.18. The summed E-state index contributed by atoms with van der Waals surface area (Å²) < 4.78 is -0.770. The summed E-state index contributed by atoms with van der Waals surface area (Å²) in [5.74, 6) is 0. The fourth-order valence-corrected chi connectivity index (χ4v) is 1.10. The molecular formula is C9H10Cl2. The van der Waals surface area contributed by atoms with Crippen molar-refractivity contribution in [2.24, 2.45) is 0 Å². The van der Waals surface area contributed by atoms with Gasteiger partial charge in [-0.15, -0.1) is 0 Å². The molecular weight excluding hydrogens is 179 g/mol. The van der Waals surface area contributed by atoms with Gasteiger partial charge in [0.05, 0.1) is 0 Å². The molecule has 0 aliphatic rings. The van der Waals surface area contributed by atoms with E-state index < -0.39 is 4.33 Å². The molecule has 0 N–H and O–H groups in total. The van der Waals surface area contributed by atoms with Crippen LogP contribution in [0.1, 0.15) is 18.1 Å². The highest BCUT2D eigenvalue weighted by atomic mass is 35.5. The first-order valence-corrected chi connectivity index (χ1v) is 4.21. The number of halogens is 2. The van der Waals surface area contributed by atoms with Crippen LogP contribution in [-0.2, 0) is 4.33 Å². The standard InChI is InChI=1S/C9H10Cl2/c1-7-3-5-8(6-4-7)9(2,10)11/h3-6H,1-2H3. The van der Waals surface area contributed by atoms with Gasteiger partial charge in [0.2, 0.25) is 0 Å². The predicted octanol–water partition coefficient (Wildman–Crippen LogP) is 3.65. The average Bonchev–Trinajstić information content (AvgIpc) is 1.86. The van der Waals surface area contributed by atoms with Gasteiger partial charge in [-0.2, -0.15) is 0 Å². The average molecular weight is 189 g/mol. The normalized spacial score (nSPS) is 11.6. The van der Waals surface area contributed by atoms with Crippen LogP contribution >= 0.6 is 23.2 Å². The van der Waals surface area contributed by atoms with Crippen LogP contribution < -0.4 is 0 Å². The molecule has 0 nitrogen and oxygen atoms in total. The fraction of sp³-hybridized carbons (Fsp3) is 0.333. The summed E-state index contributed by atoms with van der Waals surface area (Å²) in [7, 11) is 0. The Labute approximate surface area is 77.1 Å². The maximum absolute atomic E-state index is 5.88. The molecule has 0 bridgehead atoms. The lowest BCUT2D eigenvalue weighted by Crippen LogP contribution is -2.02. The van der Waals surface area contributed by atoms with Crippen LogP contribution in [0.5, 0.6) is 0 Å². The Morgan fingerprint density at radius 3 is 1.91 bits per heavy atom. The summed E-state index contributed by atoms with van der Waals surface area (Å²) in [6.45, 7) is 3.80. The lowest BCUT2D eigenvalue weighted by Gasteiger charge is -2.13. The quantitative estimate of drug-likeness (QED) is 0.591. The molecule has 1 aromatic carbocycles. The summed E-state index contributed by atoms with van der Waals surface area (Å²) in [5, 5.41) is 0. The van der Waals surface area contributed by atoms with Crippen molar-refractivity contribution in [3.63, 3.8) is 0 Å². The lowest BCUT2D eigenvalue weighted by atomic mass is 10.1. The second-order valence-corrected chi connectivity index (χ2v) is 4.46. The summed E-state index contributed by atoms with van der Waals surface area (Å²) in [4.78, 5) is 0. The third-order valence-electron chi connectivity index (χ3n) is 1.56. The monoisotopic (exact) mass is 188 g/mol. The van der Waals surface area contributed by atoms with Gasteiger partial charge in [0, 0.05) is 0 Å². The second-order valence-electron chi connectivity index (χ2n) is 2.75. The zero-order valence-corrected chi connectivity index (χ0v) is 8.08. The van der Waals surface area contributed by atoms with Gasteiger partial charge in [-0.1, -0.05) is 53.0 Å². The predicted molar refractivity (Wildman–Crippen MR) is 50.2 cm³/mol. The number of benzene rings is 1. The van der Waals surface area contributed by atoms with E-state index in [4.69, 9.17) is 23.2 Å². The second kappa shape index (κ2) is 3.04. The summed E-state index contributed by atoms with van der Waals surface area (Å²) in [6.07, 6.45) is 0. The van der Waals surface area contributed by atoms with Crippen molar-refractivity contribution in [1.82, 2.24) is 0 Å². The van der Waals surface area contributed by atoms with Gasteiger partial charge < -0.3 is 0 Å². The molecule has 0 radical (unpaired) electrons. The van der Waals surface area contributed by atoms with E-state index in [9.17, 15) is 0 Å². The maximum Gasteiger partial charge on any atom is 0.140 e. The minimum atomic E-state index is -0.770. The van der Waals surface area contributed by atoms with Gasteiger partial charge in [0.25, 0.3) is 0 Å². The third-order valence-corrected chi connectivity index (χ3v) is 1.99. The first-order chi connectivity index (χ1) is 5.00. The molecule has 0 atom stereocenters. The molecule has 1 aromatic rings. The van der Waals surface area contributed by atoms with Crippen molar-refractivity contribution >= 4 is 23.2 Å². The Hall–Kier alpha value is -0.200. The van der Waals surface area contributed by atoms with Crippen molar-refractivity contribution in [3.8, 4) is 0 Å². The van der Waals surface area contributed by atoms with Crippen LogP contribution in [0, 0.1) is 6.92 Å². The van der Waals surface area contributed by atoms with E-state index in [1.54, 1.807) is 6.92 Å². The van der Waals surface area contributed by atoms with Crippen molar-refractivity contribution < 1.29 is 0 Å². The number of hydrogen-bond donors (Lipinski definition) is 0. The number of aryl methyl sites for hydroxylation is 1. The van der Waals surface area contributed by atoms with Gasteiger partial charge in [-0.3, -0.25) is 0 Å². The van der Waals surface area contributed by atoms with Gasteiger partial charge in [-0.05, 0) is 19.4 Å². The molecule has 0 saturated heterocycles. The van der Waals surface area contributed by atoms with Gasteiger partial charge in [-0.25, -0.2) is 0 Å². The molecule has 0 saturated carbocycles. The Morgan fingerprint density at radius 1 is 1.09 bits per heavy atom. The molecule has 1 rings (SSSR count). The fourth-order valence-electron chi connectivity index (χ4n) is 0.846. The van der Waals surface area contributed by atoms with Crippen LogP contribution in [0.4, 0.5) is 0 Å². The SMILES string of the molecule is Cc1ccc(C(C)(Cl)Cl)cc1. The number of hydrogen-bond acceptors (Lipinski definition) is 0.